The number of rotatable bonds is 9. The lowest BCUT2D eigenvalue weighted by atomic mass is 10.1. The van der Waals surface area contributed by atoms with Crippen LogP contribution in [0.3, 0.4) is 0 Å². The number of aryl methyl sites for hydroxylation is 2. The highest BCUT2D eigenvalue weighted by molar-refractivity contribution is 8.05. The molecule has 182 valence electrons. The molecule has 35 heavy (non-hydrogen) atoms. The molecule has 7 heteroatoms. The Kier molecular flexibility index (Phi) is 8.26. The molecule has 0 aromatic heterocycles. The number of benzene rings is 3. The molecule has 1 fully saturated rings. The number of carbonyl (C=O) groups excluding carboxylic acids is 1. The first-order chi connectivity index (χ1) is 16.9. The molecule has 4 rings (SSSR count). The van der Waals surface area contributed by atoms with Crippen molar-refractivity contribution in [2.24, 2.45) is 0 Å². The summed E-state index contributed by atoms with van der Waals surface area (Å²) in [6.07, 6.45) is 2.81. The third kappa shape index (κ3) is 6.53. The van der Waals surface area contributed by atoms with Crippen LogP contribution >= 0.6 is 23.4 Å². The number of halogens is 1. The minimum Gasteiger partial charge on any atom is -0.490 e. The number of anilines is 1. The van der Waals surface area contributed by atoms with Crippen LogP contribution in [-0.2, 0) is 17.8 Å². The molecule has 0 saturated carbocycles. The first kappa shape index (κ1) is 25.0. The predicted molar refractivity (Wildman–Crippen MR) is 145 cm³/mol. The Morgan fingerprint density at radius 2 is 1.86 bits per heavy atom. The molecule has 3 aromatic rings. The summed E-state index contributed by atoms with van der Waals surface area (Å²) in [4.78, 5) is 13.2. The number of thioether (sulfide) groups is 1. The Balaban J connectivity index is 1.49. The highest BCUT2D eigenvalue weighted by Crippen LogP contribution is 2.39. The average Bonchev–Trinajstić information content (AvgIpc) is 3.17. The summed E-state index contributed by atoms with van der Waals surface area (Å²) in [6, 6.07) is 20.0. The summed E-state index contributed by atoms with van der Waals surface area (Å²) in [6.45, 7) is 6.93. The van der Waals surface area contributed by atoms with E-state index in [2.05, 4.69) is 35.8 Å². The quantitative estimate of drug-likeness (QED) is 0.312. The van der Waals surface area contributed by atoms with Crippen molar-refractivity contribution < 1.29 is 14.3 Å². The lowest BCUT2D eigenvalue weighted by Crippen LogP contribution is -2.30. The van der Waals surface area contributed by atoms with Crippen molar-refractivity contribution in [2.75, 3.05) is 11.9 Å². The molecule has 0 spiro atoms. The molecule has 5 nitrogen and oxygen atoms in total. The van der Waals surface area contributed by atoms with E-state index >= 15 is 0 Å². The van der Waals surface area contributed by atoms with Crippen molar-refractivity contribution >= 4 is 41.0 Å². The van der Waals surface area contributed by atoms with Crippen molar-refractivity contribution in [2.45, 2.75) is 39.3 Å². The third-order valence-corrected chi connectivity index (χ3v) is 6.80. The van der Waals surface area contributed by atoms with Crippen molar-refractivity contribution in [3.63, 3.8) is 0 Å². The number of hydrogen-bond donors (Lipinski definition) is 2. The topological polar surface area (TPSA) is 59.6 Å². The van der Waals surface area contributed by atoms with Crippen LogP contribution in [0.15, 0.2) is 65.6 Å². The third-order valence-electron chi connectivity index (χ3n) is 5.49. The fraction of sp³-hybridized carbons (Fsp3) is 0.250. The van der Waals surface area contributed by atoms with Crippen LogP contribution in [0.4, 0.5) is 5.69 Å². The Morgan fingerprint density at radius 1 is 1.06 bits per heavy atom. The molecule has 1 saturated heterocycles. The molecular formula is C28H29ClN2O3S. The van der Waals surface area contributed by atoms with E-state index in [0.29, 0.717) is 34.6 Å². The first-order valence-electron chi connectivity index (χ1n) is 11.6. The second kappa shape index (κ2) is 11.6. The number of ether oxygens (including phenoxy) is 2. The monoisotopic (exact) mass is 508 g/mol. The minimum atomic E-state index is -0.250. The molecule has 0 aliphatic carbocycles. The van der Waals surface area contributed by atoms with Crippen molar-refractivity contribution in [3.8, 4) is 11.5 Å². The molecule has 0 unspecified atom stereocenters. The molecule has 3 aromatic carbocycles. The van der Waals surface area contributed by atoms with Crippen LogP contribution in [0, 0.1) is 6.92 Å². The number of amides is 1. The SMILES string of the molecule is CCOc1cc(/C=C2\S[C@@H](Nc3ccc(CC)cc3)NC2=O)cc(Cl)c1OCc1cccc(C)c1. The van der Waals surface area contributed by atoms with Gasteiger partial charge in [-0.2, -0.15) is 0 Å². The van der Waals surface area contributed by atoms with Crippen LogP contribution in [-0.4, -0.2) is 18.0 Å². The van der Waals surface area contributed by atoms with Gasteiger partial charge in [0.05, 0.1) is 16.5 Å². The van der Waals surface area contributed by atoms with Gasteiger partial charge in [0.15, 0.2) is 17.0 Å². The molecule has 1 aliphatic heterocycles. The normalized spacial score (nSPS) is 16.3. The second-order valence-electron chi connectivity index (χ2n) is 8.22. The number of nitrogens with one attached hydrogen (secondary N) is 2. The van der Waals surface area contributed by atoms with Crippen LogP contribution < -0.4 is 20.1 Å². The van der Waals surface area contributed by atoms with Gasteiger partial charge in [-0.05, 0) is 67.3 Å². The zero-order chi connectivity index (χ0) is 24.8. The highest BCUT2D eigenvalue weighted by Gasteiger charge is 2.27. The van der Waals surface area contributed by atoms with Gasteiger partial charge in [0.1, 0.15) is 6.61 Å². The fourth-order valence-electron chi connectivity index (χ4n) is 3.74. The van der Waals surface area contributed by atoms with Gasteiger partial charge in [-0.25, -0.2) is 0 Å². The van der Waals surface area contributed by atoms with E-state index in [1.165, 1.54) is 22.9 Å². The van der Waals surface area contributed by atoms with Gasteiger partial charge in [0.25, 0.3) is 5.91 Å². The van der Waals surface area contributed by atoms with Crippen LogP contribution in [0.25, 0.3) is 6.08 Å². The first-order valence-corrected chi connectivity index (χ1v) is 12.9. The van der Waals surface area contributed by atoms with E-state index in [9.17, 15) is 4.79 Å². The largest absolute Gasteiger partial charge is 0.490 e. The molecular weight excluding hydrogens is 480 g/mol. The molecule has 2 N–H and O–H groups in total. The minimum absolute atomic E-state index is 0.133. The molecule has 1 amide bonds. The Morgan fingerprint density at radius 3 is 2.57 bits per heavy atom. The van der Waals surface area contributed by atoms with E-state index in [4.69, 9.17) is 21.1 Å². The van der Waals surface area contributed by atoms with Gasteiger partial charge in [-0.1, -0.05) is 72.2 Å². The summed E-state index contributed by atoms with van der Waals surface area (Å²) in [5, 5.41) is 6.75. The Bertz CT molecular complexity index is 1230. The smallest absolute Gasteiger partial charge is 0.260 e. The average molecular weight is 509 g/mol. The van der Waals surface area contributed by atoms with Crippen LogP contribution in [0.2, 0.25) is 5.02 Å². The summed E-state index contributed by atoms with van der Waals surface area (Å²) >= 11 is 8.03. The molecule has 0 bridgehead atoms. The Labute approximate surface area is 215 Å². The molecule has 1 atom stereocenters. The van der Waals surface area contributed by atoms with Crippen LogP contribution in [0.5, 0.6) is 11.5 Å². The zero-order valence-corrected chi connectivity index (χ0v) is 21.6. The fourth-order valence-corrected chi connectivity index (χ4v) is 5.00. The lowest BCUT2D eigenvalue weighted by Gasteiger charge is -2.15. The maximum Gasteiger partial charge on any atom is 0.260 e. The van der Waals surface area contributed by atoms with E-state index in [1.54, 1.807) is 6.07 Å². The maximum atomic E-state index is 12.6. The van der Waals surface area contributed by atoms with Gasteiger partial charge in [0.2, 0.25) is 0 Å². The zero-order valence-electron chi connectivity index (χ0n) is 20.1. The molecule has 1 aliphatic rings. The van der Waals surface area contributed by atoms with E-state index in [1.807, 2.05) is 56.3 Å². The van der Waals surface area contributed by atoms with E-state index < -0.39 is 0 Å². The number of carbonyl (C=O) groups is 1. The maximum absolute atomic E-state index is 12.6. The van der Waals surface area contributed by atoms with Gasteiger partial charge in [0, 0.05) is 5.69 Å². The molecule has 1 heterocycles. The summed E-state index contributed by atoms with van der Waals surface area (Å²) in [7, 11) is 0. The van der Waals surface area contributed by atoms with Crippen molar-refractivity contribution in [1.29, 1.82) is 0 Å². The highest BCUT2D eigenvalue weighted by atomic mass is 35.5. The van der Waals surface area contributed by atoms with E-state index in [-0.39, 0.29) is 11.4 Å². The van der Waals surface area contributed by atoms with Crippen LogP contribution in [0.1, 0.15) is 36.1 Å². The molecule has 0 radical (unpaired) electrons. The van der Waals surface area contributed by atoms with Crippen molar-refractivity contribution in [3.05, 3.63) is 92.8 Å². The van der Waals surface area contributed by atoms with Gasteiger partial charge in [-0.15, -0.1) is 0 Å². The van der Waals surface area contributed by atoms with E-state index in [0.717, 1.165) is 23.2 Å². The van der Waals surface area contributed by atoms with Gasteiger partial charge < -0.3 is 20.1 Å². The summed E-state index contributed by atoms with van der Waals surface area (Å²) < 4.78 is 11.9. The van der Waals surface area contributed by atoms with Crippen molar-refractivity contribution in [1.82, 2.24) is 5.32 Å². The second-order valence-corrected chi connectivity index (χ2v) is 9.77. The lowest BCUT2D eigenvalue weighted by molar-refractivity contribution is -0.116. The van der Waals surface area contributed by atoms with Gasteiger partial charge >= 0.3 is 0 Å². The predicted octanol–water partition coefficient (Wildman–Crippen LogP) is 6.79. The Hall–Kier alpha value is -3.09. The number of hydrogen-bond acceptors (Lipinski definition) is 5. The summed E-state index contributed by atoms with van der Waals surface area (Å²) in [5.74, 6) is 0.913. The standard InChI is InChI=1S/C28H29ClN2O3S/c1-4-19-9-11-22(12-10-19)30-28-31-27(32)25(35-28)16-21-14-23(29)26(24(15-21)33-5-2)34-17-20-8-6-7-18(3)13-20/h6-16,28,30H,4-5,17H2,1-3H3,(H,31,32)/b25-16-/t28-/m0/s1. The van der Waals surface area contributed by atoms with Gasteiger partial charge in [-0.3, -0.25) is 4.79 Å². The summed E-state index contributed by atoms with van der Waals surface area (Å²) in [5.41, 5.74) is 4.97.